The third-order valence-electron chi connectivity index (χ3n) is 1.60. The van der Waals surface area contributed by atoms with Crippen LogP contribution in [0.25, 0.3) is 0 Å². The lowest BCUT2D eigenvalue weighted by molar-refractivity contribution is 0.101. The van der Waals surface area contributed by atoms with Crippen LogP contribution >= 0.6 is 22.6 Å². The summed E-state index contributed by atoms with van der Waals surface area (Å²) >= 11 is 2.00. The quantitative estimate of drug-likeness (QED) is 0.487. The van der Waals surface area contributed by atoms with Crippen LogP contribution in [0.4, 0.5) is 5.69 Å². The minimum atomic E-state index is -0.0774. The molecule has 1 rings (SSSR count). The van der Waals surface area contributed by atoms with Crippen molar-refractivity contribution in [3.8, 4) is 6.07 Å². The highest BCUT2D eigenvalue weighted by Gasteiger charge is 2.10. The number of hydrogen-bond acceptors (Lipinski definition) is 3. The number of carbonyl (C=O) groups excluding carboxylic acids is 1. The van der Waals surface area contributed by atoms with Gasteiger partial charge in [0.05, 0.1) is 17.2 Å². The van der Waals surface area contributed by atoms with Crippen LogP contribution in [0.1, 0.15) is 22.8 Å². The van der Waals surface area contributed by atoms with Gasteiger partial charge in [-0.1, -0.05) is 0 Å². The lowest BCUT2D eigenvalue weighted by atomic mass is 10.1. The second kappa shape index (κ2) is 3.75. The Labute approximate surface area is 89.7 Å². The molecule has 0 heterocycles. The molecule has 0 aliphatic carbocycles. The minimum Gasteiger partial charge on any atom is -0.398 e. The third-order valence-corrected chi connectivity index (χ3v) is 2.45. The monoisotopic (exact) mass is 286 g/mol. The van der Waals surface area contributed by atoms with E-state index in [1.165, 1.54) is 13.0 Å². The number of nitrogen functional groups attached to an aromatic ring is 1. The molecule has 0 unspecified atom stereocenters. The Bertz CT molecular complexity index is 384. The van der Waals surface area contributed by atoms with Crippen molar-refractivity contribution < 1.29 is 4.79 Å². The zero-order valence-electron chi connectivity index (χ0n) is 6.97. The van der Waals surface area contributed by atoms with Gasteiger partial charge in [0, 0.05) is 9.26 Å². The Morgan fingerprint density at radius 3 is 2.62 bits per heavy atom. The number of hydrogen-bond donors (Lipinski definition) is 1. The summed E-state index contributed by atoms with van der Waals surface area (Å²) in [5, 5.41) is 8.62. The maximum atomic E-state index is 11.1. The number of ketones is 1. The number of nitriles is 1. The highest BCUT2D eigenvalue weighted by Crippen LogP contribution is 2.21. The molecule has 0 fully saturated rings. The van der Waals surface area contributed by atoms with E-state index < -0.39 is 0 Å². The van der Waals surface area contributed by atoms with E-state index in [1.54, 1.807) is 6.07 Å². The van der Waals surface area contributed by atoms with Crippen LogP contribution in [-0.4, -0.2) is 5.78 Å². The normalized spacial score (nSPS) is 9.31. The molecule has 0 aromatic heterocycles. The Morgan fingerprint density at radius 2 is 2.23 bits per heavy atom. The van der Waals surface area contributed by atoms with Crippen molar-refractivity contribution in [2.45, 2.75) is 6.92 Å². The summed E-state index contributed by atoms with van der Waals surface area (Å²) in [6.45, 7) is 1.46. The van der Waals surface area contributed by atoms with Gasteiger partial charge >= 0.3 is 0 Å². The molecule has 3 nitrogen and oxygen atoms in total. The zero-order valence-corrected chi connectivity index (χ0v) is 9.12. The molecule has 0 saturated carbocycles. The van der Waals surface area contributed by atoms with Crippen molar-refractivity contribution in [2.75, 3.05) is 5.73 Å². The van der Waals surface area contributed by atoms with Gasteiger partial charge in [-0.3, -0.25) is 4.79 Å². The second-order valence-corrected chi connectivity index (χ2v) is 3.75. The lowest BCUT2D eigenvalue weighted by Gasteiger charge is -2.04. The predicted octanol–water partition coefficient (Wildman–Crippen LogP) is 1.95. The fraction of sp³-hybridized carbons (Fsp3) is 0.111. The highest BCUT2D eigenvalue weighted by molar-refractivity contribution is 14.1. The van der Waals surface area contributed by atoms with Crippen molar-refractivity contribution in [1.29, 1.82) is 5.26 Å². The molecule has 4 heteroatoms. The maximum absolute atomic E-state index is 11.1. The van der Waals surface area contributed by atoms with Crippen molar-refractivity contribution >= 4 is 34.1 Å². The van der Waals surface area contributed by atoms with Gasteiger partial charge < -0.3 is 5.73 Å². The molecule has 2 N–H and O–H groups in total. The summed E-state index contributed by atoms with van der Waals surface area (Å²) in [6, 6.07) is 5.14. The van der Waals surface area contributed by atoms with Crippen LogP contribution in [0.2, 0.25) is 0 Å². The smallest absolute Gasteiger partial charge is 0.162 e. The van der Waals surface area contributed by atoms with Crippen LogP contribution in [-0.2, 0) is 0 Å². The molecule has 1 aromatic carbocycles. The Kier molecular flexibility index (Phi) is 2.88. The number of carbonyl (C=O) groups is 1. The molecular formula is C9H7IN2O. The van der Waals surface area contributed by atoms with Gasteiger partial charge in [-0.05, 0) is 41.6 Å². The minimum absolute atomic E-state index is 0.0774. The van der Waals surface area contributed by atoms with E-state index in [0.717, 1.165) is 3.57 Å². The maximum Gasteiger partial charge on any atom is 0.162 e. The van der Waals surface area contributed by atoms with Gasteiger partial charge in [-0.25, -0.2) is 0 Å². The highest BCUT2D eigenvalue weighted by atomic mass is 127. The number of rotatable bonds is 1. The number of anilines is 1. The summed E-state index contributed by atoms with van der Waals surface area (Å²) < 4.78 is 0.724. The van der Waals surface area contributed by atoms with Crippen LogP contribution in [0.3, 0.4) is 0 Å². The van der Waals surface area contributed by atoms with E-state index in [4.69, 9.17) is 11.0 Å². The number of nitrogens with zero attached hydrogens (tertiary/aromatic N) is 1. The molecule has 66 valence electrons. The fourth-order valence-electron chi connectivity index (χ4n) is 1.06. The molecule has 0 amide bonds. The molecule has 0 atom stereocenters. The van der Waals surface area contributed by atoms with Crippen LogP contribution in [0, 0.1) is 14.9 Å². The summed E-state index contributed by atoms with van der Waals surface area (Å²) in [4.78, 5) is 11.1. The van der Waals surface area contributed by atoms with Crippen molar-refractivity contribution in [3.05, 3.63) is 26.8 Å². The Balaban J connectivity index is 3.42. The van der Waals surface area contributed by atoms with Gasteiger partial charge in [0.1, 0.15) is 0 Å². The second-order valence-electron chi connectivity index (χ2n) is 2.59. The Morgan fingerprint density at radius 1 is 1.62 bits per heavy atom. The summed E-state index contributed by atoms with van der Waals surface area (Å²) in [7, 11) is 0. The van der Waals surface area contributed by atoms with Crippen molar-refractivity contribution in [2.24, 2.45) is 0 Å². The fourth-order valence-corrected chi connectivity index (χ4v) is 2.09. The Hall–Kier alpha value is -1.09. The SMILES string of the molecule is CC(=O)c1c(N)cc(C#N)cc1I. The molecule has 0 aliphatic heterocycles. The molecule has 13 heavy (non-hydrogen) atoms. The molecular weight excluding hydrogens is 279 g/mol. The van der Waals surface area contributed by atoms with E-state index in [2.05, 4.69) is 0 Å². The van der Waals surface area contributed by atoms with Gasteiger partial charge in [0.15, 0.2) is 5.78 Å². The first-order valence-electron chi connectivity index (χ1n) is 3.56. The van der Waals surface area contributed by atoms with Gasteiger partial charge in [0.2, 0.25) is 0 Å². The number of benzene rings is 1. The van der Waals surface area contributed by atoms with E-state index in [1.807, 2.05) is 28.7 Å². The molecule has 0 radical (unpaired) electrons. The van der Waals surface area contributed by atoms with Crippen molar-refractivity contribution in [3.63, 3.8) is 0 Å². The largest absolute Gasteiger partial charge is 0.398 e. The molecule has 0 spiro atoms. The summed E-state index contributed by atoms with van der Waals surface area (Å²) in [5.74, 6) is -0.0774. The number of nitrogens with two attached hydrogens (primary N) is 1. The summed E-state index contributed by atoms with van der Waals surface area (Å²) in [5.41, 5.74) is 6.97. The molecule has 0 bridgehead atoms. The van der Waals surface area contributed by atoms with Crippen LogP contribution < -0.4 is 5.73 Å². The average Bonchev–Trinajstić information content (AvgIpc) is 2.02. The van der Waals surface area contributed by atoms with Crippen LogP contribution in [0.5, 0.6) is 0 Å². The molecule has 0 aliphatic rings. The first-order valence-corrected chi connectivity index (χ1v) is 4.64. The number of halogens is 1. The first-order chi connectivity index (χ1) is 6.06. The summed E-state index contributed by atoms with van der Waals surface area (Å²) in [6.07, 6.45) is 0. The van der Waals surface area contributed by atoms with E-state index >= 15 is 0 Å². The van der Waals surface area contributed by atoms with Crippen molar-refractivity contribution in [1.82, 2.24) is 0 Å². The lowest BCUT2D eigenvalue weighted by Crippen LogP contribution is -2.03. The number of Topliss-reactive ketones (excluding diaryl/α,β-unsaturated/α-hetero) is 1. The van der Waals surface area contributed by atoms with Gasteiger partial charge in [0.25, 0.3) is 0 Å². The topological polar surface area (TPSA) is 66.9 Å². The van der Waals surface area contributed by atoms with Gasteiger partial charge in [-0.2, -0.15) is 5.26 Å². The molecule has 0 saturated heterocycles. The van der Waals surface area contributed by atoms with Gasteiger partial charge in [-0.15, -0.1) is 0 Å². The standard InChI is InChI=1S/C9H7IN2O/c1-5(13)9-7(10)2-6(4-11)3-8(9)12/h2-3H,12H2,1H3. The third kappa shape index (κ3) is 1.98. The van der Waals surface area contributed by atoms with Crippen LogP contribution in [0.15, 0.2) is 12.1 Å². The molecule has 1 aromatic rings. The zero-order chi connectivity index (χ0) is 10.0. The van der Waals surface area contributed by atoms with E-state index in [9.17, 15) is 4.79 Å². The van der Waals surface area contributed by atoms with E-state index in [0.29, 0.717) is 16.8 Å². The predicted molar refractivity (Wildman–Crippen MR) is 58.3 cm³/mol. The van der Waals surface area contributed by atoms with E-state index in [-0.39, 0.29) is 5.78 Å². The first kappa shape index (κ1) is 9.99. The average molecular weight is 286 g/mol.